The Hall–Kier alpha value is -2.56. The van der Waals surface area contributed by atoms with Gasteiger partial charge in [0.15, 0.2) is 0 Å². The minimum absolute atomic E-state index is 0.318. The summed E-state index contributed by atoms with van der Waals surface area (Å²) < 4.78 is 4.73. The summed E-state index contributed by atoms with van der Waals surface area (Å²) in [6, 6.07) is 12.8. The molecule has 2 N–H and O–H groups in total. The number of nitrogens with one attached hydrogen (secondary N) is 2. The summed E-state index contributed by atoms with van der Waals surface area (Å²) in [6.07, 6.45) is 6.71. The molecule has 0 amide bonds. The second-order valence-electron chi connectivity index (χ2n) is 7.56. The number of allylic oxidation sites excluding steroid dienone is 1. The quantitative estimate of drug-likeness (QED) is 0.434. The number of aromatic amines is 1. The van der Waals surface area contributed by atoms with Gasteiger partial charge in [-0.25, -0.2) is 4.79 Å². The minimum Gasteiger partial charge on any atom is -0.466 e. The smallest absolute Gasteiger partial charge is 0.330 e. The monoisotopic (exact) mass is 408 g/mol. The van der Waals surface area contributed by atoms with Crippen LogP contribution in [0.15, 0.2) is 48.7 Å². The first-order chi connectivity index (χ1) is 14.0. The summed E-state index contributed by atoms with van der Waals surface area (Å²) in [7, 11) is 1.40. The molecule has 0 spiro atoms. The van der Waals surface area contributed by atoms with Crippen molar-refractivity contribution in [3.63, 3.8) is 0 Å². The number of rotatable bonds is 6. The van der Waals surface area contributed by atoms with Crippen molar-refractivity contribution in [1.82, 2.24) is 10.3 Å². The van der Waals surface area contributed by atoms with Gasteiger partial charge in [0.25, 0.3) is 0 Å². The lowest BCUT2D eigenvalue weighted by Gasteiger charge is -2.14. The highest BCUT2D eigenvalue weighted by Crippen LogP contribution is 2.33. The minimum atomic E-state index is -0.318. The zero-order valence-corrected chi connectivity index (χ0v) is 17.5. The molecule has 1 unspecified atom stereocenters. The van der Waals surface area contributed by atoms with Crippen molar-refractivity contribution < 1.29 is 9.53 Å². The Balaban J connectivity index is 1.41. The molecule has 0 bridgehead atoms. The van der Waals surface area contributed by atoms with Crippen LogP contribution in [0.2, 0.25) is 5.02 Å². The van der Waals surface area contributed by atoms with Gasteiger partial charge in [-0.2, -0.15) is 0 Å². The van der Waals surface area contributed by atoms with Crippen LogP contribution in [0.4, 0.5) is 0 Å². The molecule has 1 heterocycles. The van der Waals surface area contributed by atoms with Crippen LogP contribution in [0.3, 0.4) is 0 Å². The molecular formula is C24H25ClN2O2. The molecule has 150 valence electrons. The average Bonchev–Trinajstić information content (AvgIpc) is 3.31. The first-order valence-corrected chi connectivity index (χ1v) is 10.3. The molecule has 0 aliphatic heterocycles. The fourth-order valence-electron chi connectivity index (χ4n) is 4.13. The highest BCUT2D eigenvalue weighted by Gasteiger charge is 2.22. The summed E-state index contributed by atoms with van der Waals surface area (Å²) in [6.45, 7) is 2.85. The number of aryl methyl sites for hydroxylation is 1. The van der Waals surface area contributed by atoms with Crippen molar-refractivity contribution >= 4 is 34.0 Å². The first-order valence-electron chi connectivity index (χ1n) is 9.93. The van der Waals surface area contributed by atoms with E-state index in [-0.39, 0.29) is 5.97 Å². The number of H-pyrrole nitrogens is 1. The van der Waals surface area contributed by atoms with Gasteiger partial charge in [0.1, 0.15) is 0 Å². The number of fused-ring (bicyclic) bond motifs is 2. The van der Waals surface area contributed by atoms with E-state index in [1.807, 2.05) is 25.1 Å². The van der Waals surface area contributed by atoms with E-state index in [4.69, 9.17) is 16.3 Å². The van der Waals surface area contributed by atoms with Crippen LogP contribution in [0.1, 0.15) is 41.6 Å². The normalized spacial score (nSPS) is 16.2. The lowest BCUT2D eigenvalue weighted by Crippen LogP contribution is -2.21. The molecule has 4 nitrogen and oxygen atoms in total. The number of methoxy groups -OCH3 is 1. The van der Waals surface area contributed by atoms with Gasteiger partial charge in [-0.05, 0) is 78.8 Å². The van der Waals surface area contributed by atoms with Gasteiger partial charge >= 0.3 is 5.97 Å². The number of benzene rings is 2. The lowest BCUT2D eigenvalue weighted by molar-refractivity contribution is -0.134. The predicted molar refractivity (Wildman–Crippen MR) is 118 cm³/mol. The second-order valence-corrected chi connectivity index (χ2v) is 8.00. The summed E-state index contributed by atoms with van der Waals surface area (Å²) in [4.78, 5) is 14.8. The molecule has 3 aromatic rings. The van der Waals surface area contributed by atoms with E-state index in [1.165, 1.54) is 29.2 Å². The lowest BCUT2D eigenvalue weighted by atomic mass is 10.00. The molecule has 4 rings (SSSR count). The fraction of sp³-hybridized carbons (Fsp3) is 0.292. The maximum atomic E-state index is 11.5. The summed E-state index contributed by atoms with van der Waals surface area (Å²) >= 11 is 6.15. The molecular weight excluding hydrogens is 384 g/mol. The Morgan fingerprint density at radius 2 is 2.17 bits per heavy atom. The van der Waals surface area contributed by atoms with Gasteiger partial charge in [0, 0.05) is 34.2 Å². The van der Waals surface area contributed by atoms with Gasteiger partial charge < -0.3 is 15.0 Å². The average molecular weight is 409 g/mol. The van der Waals surface area contributed by atoms with Crippen LogP contribution < -0.4 is 5.32 Å². The molecule has 0 saturated heterocycles. The number of carbonyl (C=O) groups excluding carboxylic acids is 1. The highest BCUT2D eigenvalue weighted by atomic mass is 35.5. The van der Waals surface area contributed by atoms with E-state index >= 15 is 0 Å². The van der Waals surface area contributed by atoms with Gasteiger partial charge in [-0.3, -0.25) is 0 Å². The predicted octanol–water partition coefficient (Wildman–Crippen LogP) is 5.22. The van der Waals surface area contributed by atoms with Crippen LogP contribution in [-0.2, 0) is 22.4 Å². The van der Waals surface area contributed by atoms with Crippen molar-refractivity contribution in [2.75, 3.05) is 13.7 Å². The first kappa shape index (κ1) is 19.7. The molecule has 0 saturated carbocycles. The second kappa shape index (κ2) is 8.44. The maximum Gasteiger partial charge on any atom is 0.330 e. The van der Waals surface area contributed by atoms with Gasteiger partial charge in [0.05, 0.1) is 7.11 Å². The third kappa shape index (κ3) is 4.24. The third-order valence-corrected chi connectivity index (χ3v) is 5.96. The molecule has 0 radical (unpaired) electrons. The van der Waals surface area contributed by atoms with Gasteiger partial charge in [-0.1, -0.05) is 29.8 Å². The molecule has 1 aliphatic carbocycles. The SMILES string of the molecule is COC(=O)C=C(C)c1ccc2c(c1)CCC2NCCc1c[nH]c2ccc(Cl)cc12. The summed E-state index contributed by atoms with van der Waals surface area (Å²) in [5.74, 6) is -0.318. The third-order valence-electron chi connectivity index (χ3n) is 5.73. The van der Waals surface area contributed by atoms with E-state index in [0.29, 0.717) is 6.04 Å². The van der Waals surface area contributed by atoms with Crippen LogP contribution in [0, 0.1) is 0 Å². The highest BCUT2D eigenvalue weighted by molar-refractivity contribution is 6.31. The van der Waals surface area contributed by atoms with Crippen LogP contribution >= 0.6 is 11.6 Å². The number of halogens is 1. The standard InChI is InChI=1S/C24H25ClN2O2/c1-15(11-24(28)29-2)16-3-6-20-17(12-16)4-7-22(20)26-10-9-18-14-27-23-8-5-19(25)13-21(18)23/h3,5-6,8,11-14,22,26-27H,4,7,9-10H2,1-2H3. The van der Waals surface area contributed by atoms with E-state index in [2.05, 4.69) is 34.7 Å². The van der Waals surface area contributed by atoms with E-state index in [9.17, 15) is 4.79 Å². The van der Waals surface area contributed by atoms with E-state index in [1.54, 1.807) is 6.08 Å². The zero-order valence-electron chi connectivity index (χ0n) is 16.7. The van der Waals surface area contributed by atoms with E-state index < -0.39 is 0 Å². The van der Waals surface area contributed by atoms with Gasteiger partial charge in [-0.15, -0.1) is 0 Å². The number of aromatic nitrogens is 1. The Morgan fingerprint density at radius 1 is 1.31 bits per heavy atom. The van der Waals surface area contributed by atoms with Crippen molar-refractivity contribution in [3.05, 3.63) is 75.9 Å². The zero-order chi connectivity index (χ0) is 20.4. The number of hydrogen-bond acceptors (Lipinski definition) is 3. The van der Waals surface area contributed by atoms with Crippen LogP contribution in [0.5, 0.6) is 0 Å². The number of esters is 1. The maximum absolute atomic E-state index is 11.5. The number of ether oxygens (including phenoxy) is 1. The Labute approximate surface area is 175 Å². The van der Waals surface area contributed by atoms with E-state index in [0.717, 1.165) is 47.5 Å². The molecule has 29 heavy (non-hydrogen) atoms. The molecule has 0 fully saturated rings. The topological polar surface area (TPSA) is 54.1 Å². The molecule has 2 aromatic carbocycles. The fourth-order valence-corrected chi connectivity index (χ4v) is 4.30. The Morgan fingerprint density at radius 3 is 3.00 bits per heavy atom. The summed E-state index contributed by atoms with van der Waals surface area (Å²) in [5, 5.41) is 5.67. The van der Waals surface area contributed by atoms with Crippen LogP contribution in [-0.4, -0.2) is 24.6 Å². The molecule has 1 aliphatic rings. The van der Waals surface area contributed by atoms with Crippen LogP contribution in [0.25, 0.3) is 16.5 Å². The van der Waals surface area contributed by atoms with Crippen molar-refractivity contribution in [2.24, 2.45) is 0 Å². The number of carbonyl (C=O) groups is 1. The van der Waals surface area contributed by atoms with Crippen molar-refractivity contribution in [2.45, 2.75) is 32.2 Å². The van der Waals surface area contributed by atoms with Gasteiger partial charge in [0.2, 0.25) is 0 Å². The van der Waals surface area contributed by atoms with Crippen molar-refractivity contribution in [3.8, 4) is 0 Å². The Bertz CT molecular complexity index is 1080. The largest absolute Gasteiger partial charge is 0.466 e. The molecule has 1 aromatic heterocycles. The number of hydrogen-bond donors (Lipinski definition) is 2. The summed E-state index contributed by atoms with van der Waals surface area (Å²) in [5.41, 5.74) is 7.13. The molecule has 5 heteroatoms. The van der Waals surface area contributed by atoms with Crippen molar-refractivity contribution in [1.29, 1.82) is 0 Å². The Kier molecular flexibility index (Phi) is 5.74. The molecule has 1 atom stereocenters.